The van der Waals surface area contributed by atoms with Crippen LogP contribution in [0.4, 0.5) is 0 Å². The van der Waals surface area contributed by atoms with E-state index in [4.69, 9.17) is 14.3 Å². The van der Waals surface area contributed by atoms with E-state index in [1.807, 2.05) is 0 Å². The normalized spacial score (nSPS) is 21.1. The second kappa shape index (κ2) is 5.54. The molecule has 18 heavy (non-hydrogen) atoms. The van der Waals surface area contributed by atoms with Gasteiger partial charge in [0.05, 0.1) is 19.8 Å². The molecule has 1 unspecified atom stereocenters. The summed E-state index contributed by atoms with van der Waals surface area (Å²) in [6, 6.07) is 2.01. The van der Waals surface area contributed by atoms with Crippen molar-refractivity contribution < 1.29 is 19.1 Å². The van der Waals surface area contributed by atoms with Crippen LogP contribution in [0.2, 0.25) is 0 Å². The smallest absolute Gasteiger partial charge is 0.339 e. The number of ether oxygens (including phenoxy) is 1. The summed E-state index contributed by atoms with van der Waals surface area (Å²) < 4.78 is 10.9. The first kappa shape index (κ1) is 13.1. The van der Waals surface area contributed by atoms with E-state index in [-0.39, 0.29) is 5.56 Å². The van der Waals surface area contributed by atoms with E-state index in [0.29, 0.717) is 24.1 Å². The number of rotatable bonds is 4. The van der Waals surface area contributed by atoms with Crippen LogP contribution in [0.3, 0.4) is 0 Å². The van der Waals surface area contributed by atoms with Crippen molar-refractivity contribution in [2.75, 3.05) is 19.8 Å². The first-order valence-corrected chi connectivity index (χ1v) is 6.26. The highest BCUT2D eigenvalue weighted by atomic mass is 16.5. The van der Waals surface area contributed by atoms with Gasteiger partial charge in [-0.25, -0.2) is 4.79 Å². The van der Waals surface area contributed by atoms with Crippen molar-refractivity contribution in [2.24, 2.45) is 0 Å². The lowest BCUT2D eigenvalue weighted by atomic mass is 10.1. The number of aromatic carboxylic acids is 1. The Morgan fingerprint density at radius 2 is 2.39 bits per heavy atom. The van der Waals surface area contributed by atoms with Gasteiger partial charge in [0, 0.05) is 12.6 Å². The fraction of sp³-hybridized carbons (Fsp3) is 0.615. The molecule has 0 aromatic carbocycles. The zero-order valence-electron chi connectivity index (χ0n) is 10.8. The standard InChI is InChI=1S/C13H19NO4/c1-3-10-8-17-5-4-14(10)7-11-6-12(13(15)16)9(2)18-11/h6,10H,3-5,7-8H2,1-2H3,(H,15,16). The monoisotopic (exact) mass is 253 g/mol. The lowest BCUT2D eigenvalue weighted by molar-refractivity contribution is -0.0154. The van der Waals surface area contributed by atoms with Crippen molar-refractivity contribution in [1.82, 2.24) is 4.90 Å². The molecule has 1 atom stereocenters. The van der Waals surface area contributed by atoms with Gasteiger partial charge in [0.15, 0.2) is 0 Å². The predicted molar refractivity (Wildman–Crippen MR) is 65.7 cm³/mol. The lowest BCUT2D eigenvalue weighted by Gasteiger charge is -2.34. The third-order valence-corrected chi connectivity index (χ3v) is 3.38. The predicted octanol–water partition coefficient (Wildman–Crippen LogP) is 1.90. The van der Waals surface area contributed by atoms with Gasteiger partial charge in [-0.05, 0) is 19.4 Å². The van der Waals surface area contributed by atoms with Gasteiger partial charge in [-0.2, -0.15) is 0 Å². The van der Waals surface area contributed by atoms with E-state index in [1.165, 1.54) is 0 Å². The fourth-order valence-corrected chi connectivity index (χ4v) is 2.31. The molecule has 2 rings (SSSR count). The molecule has 0 amide bonds. The molecule has 1 fully saturated rings. The maximum Gasteiger partial charge on any atom is 0.339 e. The molecule has 1 aliphatic rings. The summed E-state index contributed by atoms with van der Waals surface area (Å²) >= 11 is 0. The maximum absolute atomic E-state index is 11.0. The van der Waals surface area contributed by atoms with Gasteiger partial charge in [0.25, 0.3) is 0 Å². The highest BCUT2D eigenvalue weighted by Gasteiger charge is 2.23. The van der Waals surface area contributed by atoms with Gasteiger partial charge in [0.1, 0.15) is 17.1 Å². The molecule has 1 N–H and O–H groups in total. The number of hydrogen-bond acceptors (Lipinski definition) is 4. The van der Waals surface area contributed by atoms with E-state index in [1.54, 1.807) is 13.0 Å². The Labute approximate surface area is 106 Å². The highest BCUT2D eigenvalue weighted by Crippen LogP contribution is 2.19. The van der Waals surface area contributed by atoms with Gasteiger partial charge < -0.3 is 14.3 Å². The van der Waals surface area contributed by atoms with Crippen LogP contribution in [0.5, 0.6) is 0 Å². The lowest BCUT2D eigenvalue weighted by Crippen LogP contribution is -2.44. The summed E-state index contributed by atoms with van der Waals surface area (Å²) in [5.74, 6) is 0.251. The molecule has 5 nitrogen and oxygen atoms in total. The largest absolute Gasteiger partial charge is 0.478 e. The summed E-state index contributed by atoms with van der Waals surface area (Å²) in [6.07, 6.45) is 1.02. The molecule has 0 bridgehead atoms. The second-order valence-electron chi connectivity index (χ2n) is 4.60. The van der Waals surface area contributed by atoms with Crippen LogP contribution in [0.1, 0.15) is 35.2 Å². The number of morpholine rings is 1. The van der Waals surface area contributed by atoms with Gasteiger partial charge in [-0.3, -0.25) is 4.90 Å². The molecule has 1 saturated heterocycles. The molecule has 0 aliphatic carbocycles. The third-order valence-electron chi connectivity index (χ3n) is 3.38. The zero-order chi connectivity index (χ0) is 13.1. The van der Waals surface area contributed by atoms with Crippen LogP contribution in [0, 0.1) is 6.92 Å². The van der Waals surface area contributed by atoms with Crippen molar-refractivity contribution in [3.8, 4) is 0 Å². The molecule has 0 saturated carbocycles. The number of nitrogens with zero attached hydrogens (tertiary/aromatic N) is 1. The minimum Gasteiger partial charge on any atom is -0.478 e. The quantitative estimate of drug-likeness (QED) is 0.887. The van der Waals surface area contributed by atoms with Crippen LogP contribution >= 0.6 is 0 Å². The maximum atomic E-state index is 11.0. The van der Waals surface area contributed by atoms with Crippen LogP contribution in [-0.4, -0.2) is 41.8 Å². The van der Waals surface area contributed by atoms with Gasteiger partial charge in [0.2, 0.25) is 0 Å². The van der Waals surface area contributed by atoms with Crippen LogP contribution < -0.4 is 0 Å². The van der Waals surface area contributed by atoms with Crippen LogP contribution in [0.15, 0.2) is 10.5 Å². The summed E-state index contributed by atoms with van der Waals surface area (Å²) in [7, 11) is 0. The molecule has 2 heterocycles. The molecule has 5 heteroatoms. The first-order chi connectivity index (χ1) is 8.61. The Morgan fingerprint density at radius 1 is 1.61 bits per heavy atom. The summed E-state index contributed by atoms with van der Waals surface area (Å²) in [4.78, 5) is 13.2. The summed E-state index contributed by atoms with van der Waals surface area (Å²) in [5, 5.41) is 8.99. The Bertz CT molecular complexity index is 427. The highest BCUT2D eigenvalue weighted by molar-refractivity contribution is 5.88. The Hall–Kier alpha value is -1.33. The molecule has 0 spiro atoms. The number of carboxylic acids is 1. The molecule has 100 valence electrons. The summed E-state index contributed by atoms with van der Waals surface area (Å²) in [5.41, 5.74) is 0.256. The minimum absolute atomic E-state index is 0.256. The van der Waals surface area contributed by atoms with E-state index < -0.39 is 5.97 Å². The zero-order valence-corrected chi connectivity index (χ0v) is 10.8. The topological polar surface area (TPSA) is 62.9 Å². The Morgan fingerprint density at radius 3 is 3.00 bits per heavy atom. The van der Waals surface area contributed by atoms with Crippen molar-refractivity contribution >= 4 is 5.97 Å². The van der Waals surface area contributed by atoms with Crippen molar-refractivity contribution in [1.29, 1.82) is 0 Å². The molecule has 0 radical (unpaired) electrons. The third kappa shape index (κ3) is 2.73. The van der Waals surface area contributed by atoms with Gasteiger partial charge >= 0.3 is 5.97 Å². The number of carboxylic acid groups (broad SMARTS) is 1. The Balaban J connectivity index is 2.08. The van der Waals surface area contributed by atoms with E-state index in [2.05, 4.69) is 11.8 Å². The molecule has 1 aromatic rings. The number of furan rings is 1. The number of aryl methyl sites for hydroxylation is 1. The van der Waals surface area contributed by atoms with Crippen LogP contribution in [0.25, 0.3) is 0 Å². The first-order valence-electron chi connectivity index (χ1n) is 6.26. The van der Waals surface area contributed by atoms with Crippen molar-refractivity contribution in [2.45, 2.75) is 32.9 Å². The van der Waals surface area contributed by atoms with E-state index in [0.717, 1.165) is 26.2 Å². The average Bonchev–Trinajstić information content (AvgIpc) is 2.71. The second-order valence-corrected chi connectivity index (χ2v) is 4.60. The van der Waals surface area contributed by atoms with Gasteiger partial charge in [-0.1, -0.05) is 6.92 Å². The van der Waals surface area contributed by atoms with E-state index >= 15 is 0 Å². The molecule has 1 aromatic heterocycles. The van der Waals surface area contributed by atoms with Crippen molar-refractivity contribution in [3.63, 3.8) is 0 Å². The number of carbonyl (C=O) groups is 1. The molecular weight excluding hydrogens is 234 g/mol. The van der Waals surface area contributed by atoms with Crippen LogP contribution in [-0.2, 0) is 11.3 Å². The fourth-order valence-electron chi connectivity index (χ4n) is 2.31. The average molecular weight is 253 g/mol. The molecule has 1 aliphatic heterocycles. The minimum atomic E-state index is -0.934. The van der Waals surface area contributed by atoms with E-state index in [9.17, 15) is 4.79 Å². The number of hydrogen-bond donors (Lipinski definition) is 1. The Kier molecular flexibility index (Phi) is 4.04. The SMILES string of the molecule is CCC1COCCN1Cc1cc(C(=O)O)c(C)o1. The molecular formula is C13H19NO4. The van der Waals surface area contributed by atoms with Gasteiger partial charge in [-0.15, -0.1) is 0 Å². The van der Waals surface area contributed by atoms with Crippen molar-refractivity contribution in [3.05, 3.63) is 23.2 Å². The summed E-state index contributed by atoms with van der Waals surface area (Å²) in [6.45, 7) is 6.78.